The molecule has 24 heavy (non-hydrogen) atoms. The maximum atomic E-state index is 9.65. The predicted molar refractivity (Wildman–Crippen MR) is 100 cm³/mol. The van der Waals surface area contributed by atoms with Crippen LogP contribution in [0.5, 0.6) is 0 Å². The quantitative estimate of drug-likeness (QED) is 0.796. The van der Waals surface area contributed by atoms with Crippen LogP contribution in [0.25, 0.3) is 11.1 Å². The van der Waals surface area contributed by atoms with Gasteiger partial charge in [-0.3, -0.25) is 0 Å². The van der Waals surface area contributed by atoms with Gasteiger partial charge in [0.05, 0.1) is 17.4 Å². The number of nitrogens with zero attached hydrogens (tertiary/aromatic N) is 1. The number of thioether (sulfide) groups is 1. The first-order valence-electron chi connectivity index (χ1n) is 8.33. The van der Waals surface area contributed by atoms with Gasteiger partial charge in [-0.15, -0.1) is 11.8 Å². The summed E-state index contributed by atoms with van der Waals surface area (Å²) in [7, 11) is 0. The fourth-order valence-corrected chi connectivity index (χ4v) is 3.57. The third-order valence-electron chi connectivity index (χ3n) is 4.62. The van der Waals surface area contributed by atoms with Crippen molar-refractivity contribution >= 4 is 17.4 Å². The summed E-state index contributed by atoms with van der Waals surface area (Å²) in [4.78, 5) is 1.24. The number of hydrogen-bond donors (Lipinski definition) is 2. The van der Waals surface area contributed by atoms with Gasteiger partial charge in [0.2, 0.25) is 0 Å². The van der Waals surface area contributed by atoms with E-state index in [2.05, 4.69) is 48.0 Å². The molecular formula is C20H22N2OS. The Morgan fingerprint density at radius 1 is 1.04 bits per heavy atom. The second kappa shape index (κ2) is 7.74. The van der Waals surface area contributed by atoms with Gasteiger partial charge in [-0.1, -0.05) is 18.2 Å². The maximum absolute atomic E-state index is 9.65. The molecule has 0 aromatic heterocycles. The molecule has 3 rings (SSSR count). The van der Waals surface area contributed by atoms with Crippen LogP contribution in [0.2, 0.25) is 0 Å². The molecule has 0 heterocycles. The average molecular weight is 338 g/mol. The van der Waals surface area contributed by atoms with Crippen molar-refractivity contribution < 1.29 is 5.11 Å². The molecule has 1 aliphatic carbocycles. The average Bonchev–Trinajstić information content (AvgIpc) is 2.63. The lowest BCUT2D eigenvalue weighted by molar-refractivity contribution is 0.126. The normalized spacial score (nSPS) is 20.4. The highest BCUT2D eigenvalue weighted by atomic mass is 32.2. The molecule has 2 aromatic rings. The summed E-state index contributed by atoms with van der Waals surface area (Å²) in [6.07, 6.45) is 5.45. The SMILES string of the molecule is CSc1ccc(-c2ccc(C#N)c(NC3CCC(O)CC3)c2)cc1. The van der Waals surface area contributed by atoms with E-state index < -0.39 is 0 Å². The molecule has 0 radical (unpaired) electrons. The van der Waals surface area contributed by atoms with Gasteiger partial charge in [-0.2, -0.15) is 5.26 Å². The Labute approximate surface area is 147 Å². The molecule has 1 aliphatic rings. The van der Waals surface area contributed by atoms with Gasteiger partial charge in [-0.25, -0.2) is 0 Å². The Balaban J connectivity index is 1.83. The molecule has 2 aromatic carbocycles. The minimum atomic E-state index is -0.167. The van der Waals surface area contributed by atoms with Crippen LogP contribution in [0.1, 0.15) is 31.2 Å². The van der Waals surface area contributed by atoms with E-state index in [1.54, 1.807) is 11.8 Å². The molecule has 124 valence electrons. The molecule has 3 nitrogen and oxygen atoms in total. The lowest BCUT2D eigenvalue weighted by atomic mass is 9.92. The van der Waals surface area contributed by atoms with Gasteiger partial charge in [0.25, 0.3) is 0 Å². The highest BCUT2D eigenvalue weighted by Crippen LogP contribution is 2.29. The molecular weight excluding hydrogens is 316 g/mol. The fraction of sp³-hybridized carbons (Fsp3) is 0.350. The molecule has 0 amide bonds. The molecule has 0 bridgehead atoms. The van der Waals surface area contributed by atoms with Gasteiger partial charge >= 0.3 is 0 Å². The van der Waals surface area contributed by atoms with Crippen molar-refractivity contribution in [3.63, 3.8) is 0 Å². The van der Waals surface area contributed by atoms with Gasteiger partial charge in [0.15, 0.2) is 0 Å². The summed E-state index contributed by atoms with van der Waals surface area (Å²) in [6.45, 7) is 0. The van der Waals surface area contributed by atoms with Crippen molar-refractivity contribution in [3.05, 3.63) is 48.0 Å². The van der Waals surface area contributed by atoms with Crippen LogP contribution < -0.4 is 5.32 Å². The van der Waals surface area contributed by atoms with Gasteiger partial charge in [-0.05, 0) is 67.3 Å². The monoisotopic (exact) mass is 338 g/mol. The van der Waals surface area contributed by atoms with Gasteiger partial charge in [0.1, 0.15) is 6.07 Å². The Kier molecular flexibility index (Phi) is 5.44. The minimum Gasteiger partial charge on any atom is -0.393 e. The Hall–Kier alpha value is -1.96. The minimum absolute atomic E-state index is 0.167. The van der Waals surface area contributed by atoms with E-state index in [0.29, 0.717) is 11.6 Å². The number of benzene rings is 2. The maximum Gasteiger partial charge on any atom is 0.101 e. The third-order valence-corrected chi connectivity index (χ3v) is 5.36. The van der Waals surface area contributed by atoms with Crippen LogP contribution in [0.3, 0.4) is 0 Å². The van der Waals surface area contributed by atoms with E-state index in [1.807, 2.05) is 12.1 Å². The van der Waals surface area contributed by atoms with Crippen LogP contribution in [-0.2, 0) is 0 Å². The molecule has 2 N–H and O–H groups in total. The first-order chi connectivity index (χ1) is 11.7. The molecule has 0 saturated heterocycles. The fourth-order valence-electron chi connectivity index (χ4n) is 3.16. The number of hydrogen-bond acceptors (Lipinski definition) is 4. The lowest BCUT2D eigenvalue weighted by Gasteiger charge is -2.27. The summed E-state index contributed by atoms with van der Waals surface area (Å²) in [5.41, 5.74) is 3.83. The zero-order valence-electron chi connectivity index (χ0n) is 13.8. The molecule has 0 spiro atoms. The van der Waals surface area contributed by atoms with Crippen LogP contribution in [0.15, 0.2) is 47.4 Å². The molecule has 1 fully saturated rings. The first-order valence-corrected chi connectivity index (χ1v) is 9.55. The van der Waals surface area contributed by atoms with Crippen molar-refractivity contribution in [2.75, 3.05) is 11.6 Å². The van der Waals surface area contributed by atoms with Crippen molar-refractivity contribution in [2.24, 2.45) is 0 Å². The van der Waals surface area contributed by atoms with Crippen molar-refractivity contribution in [1.29, 1.82) is 5.26 Å². The van der Waals surface area contributed by atoms with E-state index in [4.69, 9.17) is 0 Å². The van der Waals surface area contributed by atoms with Crippen molar-refractivity contribution in [2.45, 2.75) is 42.7 Å². The predicted octanol–water partition coefficient (Wildman–Crippen LogP) is 4.66. The summed E-state index contributed by atoms with van der Waals surface area (Å²) >= 11 is 1.73. The van der Waals surface area contributed by atoms with Gasteiger partial charge in [0, 0.05) is 10.9 Å². The topological polar surface area (TPSA) is 56.0 Å². The number of rotatable bonds is 4. The zero-order valence-corrected chi connectivity index (χ0v) is 14.6. The highest BCUT2D eigenvalue weighted by Gasteiger charge is 2.20. The summed E-state index contributed by atoms with van der Waals surface area (Å²) in [6, 6.07) is 17.0. The Morgan fingerprint density at radius 2 is 1.71 bits per heavy atom. The number of nitrogens with one attached hydrogen (secondary N) is 1. The second-order valence-electron chi connectivity index (χ2n) is 6.25. The summed E-state index contributed by atoms with van der Waals surface area (Å²) < 4.78 is 0. The number of aliphatic hydroxyl groups excluding tert-OH is 1. The lowest BCUT2D eigenvalue weighted by Crippen LogP contribution is -2.28. The van der Waals surface area contributed by atoms with E-state index in [9.17, 15) is 10.4 Å². The zero-order chi connectivity index (χ0) is 16.9. The number of nitriles is 1. The number of aliphatic hydroxyl groups is 1. The van der Waals surface area contributed by atoms with E-state index in [0.717, 1.165) is 42.5 Å². The Morgan fingerprint density at radius 3 is 2.33 bits per heavy atom. The van der Waals surface area contributed by atoms with E-state index >= 15 is 0 Å². The van der Waals surface area contributed by atoms with Crippen LogP contribution in [0, 0.1) is 11.3 Å². The largest absolute Gasteiger partial charge is 0.393 e. The van der Waals surface area contributed by atoms with Crippen molar-refractivity contribution in [3.8, 4) is 17.2 Å². The highest BCUT2D eigenvalue weighted by molar-refractivity contribution is 7.98. The van der Waals surface area contributed by atoms with Crippen molar-refractivity contribution in [1.82, 2.24) is 0 Å². The summed E-state index contributed by atoms with van der Waals surface area (Å²) in [5, 5.41) is 22.6. The molecule has 0 aliphatic heterocycles. The summed E-state index contributed by atoms with van der Waals surface area (Å²) in [5.74, 6) is 0. The first kappa shape index (κ1) is 16.9. The van der Waals surface area contributed by atoms with Gasteiger partial charge < -0.3 is 10.4 Å². The van der Waals surface area contributed by atoms with E-state index in [-0.39, 0.29) is 6.10 Å². The third kappa shape index (κ3) is 3.92. The van der Waals surface area contributed by atoms with Crippen LogP contribution in [0.4, 0.5) is 5.69 Å². The smallest absolute Gasteiger partial charge is 0.101 e. The second-order valence-corrected chi connectivity index (χ2v) is 7.13. The molecule has 0 atom stereocenters. The van der Waals surface area contributed by atoms with Crippen LogP contribution >= 0.6 is 11.8 Å². The Bertz CT molecular complexity index is 728. The van der Waals surface area contributed by atoms with Crippen LogP contribution in [-0.4, -0.2) is 23.5 Å². The van der Waals surface area contributed by atoms with E-state index in [1.165, 1.54) is 4.90 Å². The molecule has 4 heteroatoms. The standard InChI is InChI=1S/C20H22N2OS/c1-24-19-10-4-14(5-11-19)15-2-3-16(13-21)20(12-15)22-17-6-8-18(23)9-7-17/h2-5,10-12,17-18,22-23H,6-9H2,1H3. The number of anilines is 1. The molecule has 0 unspecified atom stereocenters. The molecule has 1 saturated carbocycles.